The van der Waals surface area contributed by atoms with E-state index in [1.807, 2.05) is 41.3 Å². The van der Waals surface area contributed by atoms with Crippen molar-refractivity contribution in [1.82, 2.24) is 10.6 Å². The van der Waals surface area contributed by atoms with Crippen LogP contribution >= 0.6 is 0 Å². The van der Waals surface area contributed by atoms with Crippen LogP contribution in [0.2, 0.25) is 0 Å². The van der Waals surface area contributed by atoms with Crippen LogP contribution in [0.25, 0.3) is 0 Å². The van der Waals surface area contributed by atoms with E-state index < -0.39 is 0 Å². The Hall–Kier alpha value is -2.86. The van der Waals surface area contributed by atoms with Crippen molar-refractivity contribution in [2.45, 2.75) is 20.0 Å². The van der Waals surface area contributed by atoms with Crippen LogP contribution in [-0.4, -0.2) is 45.2 Å². The van der Waals surface area contributed by atoms with Gasteiger partial charge in [0.05, 0.1) is 19.8 Å². The summed E-state index contributed by atoms with van der Waals surface area (Å²) in [4.78, 5) is 18.7. The summed E-state index contributed by atoms with van der Waals surface area (Å²) < 4.78 is 5.79. The molecule has 0 spiro atoms. The zero-order valence-corrected chi connectivity index (χ0v) is 17.2. The van der Waals surface area contributed by atoms with Gasteiger partial charge in [0.25, 0.3) is 0 Å². The highest BCUT2D eigenvalue weighted by molar-refractivity contribution is 5.98. The fraction of sp³-hybridized carbons (Fsp3) is 0.391. The quantitative estimate of drug-likeness (QED) is 0.534. The molecule has 154 valence electrons. The van der Waals surface area contributed by atoms with Crippen molar-refractivity contribution in [2.24, 2.45) is 10.9 Å². The Labute approximate surface area is 173 Å². The number of anilines is 1. The first-order valence-corrected chi connectivity index (χ1v) is 10.1. The van der Waals surface area contributed by atoms with Crippen molar-refractivity contribution in [3.63, 3.8) is 0 Å². The number of hydrogen-bond acceptors (Lipinski definition) is 3. The second-order valence-corrected chi connectivity index (χ2v) is 7.34. The summed E-state index contributed by atoms with van der Waals surface area (Å²) in [6.45, 7) is 5.06. The van der Waals surface area contributed by atoms with Gasteiger partial charge in [-0.05, 0) is 29.5 Å². The molecule has 0 fully saturated rings. The van der Waals surface area contributed by atoms with Crippen molar-refractivity contribution in [3.8, 4) is 0 Å². The predicted octanol–water partition coefficient (Wildman–Crippen LogP) is 2.59. The zero-order valence-electron chi connectivity index (χ0n) is 17.2. The number of carbonyl (C=O) groups is 1. The highest BCUT2D eigenvalue weighted by atomic mass is 16.5. The molecule has 6 heteroatoms. The molecule has 1 amide bonds. The summed E-state index contributed by atoms with van der Waals surface area (Å²) in [6.07, 6.45) is 0.912. The average molecular weight is 395 g/mol. The molecule has 0 aromatic heterocycles. The maximum absolute atomic E-state index is 12.6. The molecule has 2 N–H and O–H groups in total. The van der Waals surface area contributed by atoms with Crippen LogP contribution in [0.5, 0.6) is 0 Å². The Morgan fingerprint density at radius 1 is 1.14 bits per heavy atom. The molecule has 6 nitrogen and oxygen atoms in total. The van der Waals surface area contributed by atoms with Gasteiger partial charge in [-0.15, -0.1) is 0 Å². The summed E-state index contributed by atoms with van der Waals surface area (Å²) >= 11 is 0. The van der Waals surface area contributed by atoms with Crippen molar-refractivity contribution in [1.29, 1.82) is 0 Å². The predicted molar refractivity (Wildman–Crippen MR) is 117 cm³/mol. The number of hydrogen-bond donors (Lipinski definition) is 2. The molecular formula is C23H30N4O2. The van der Waals surface area contributed by atoms with Gasteiger partial charge < -0.3 is 20.3 Å². The molecule has 1 unspecified atom stereocenters. The van der Waals surface area contributed by atoms with Gasteiger partial charge in [-0.1, -0.05) is 55.5 Å². The lowest BCUT2D eigenvalue weighted by atomic mass is 10.2. The minimum atomic E-state index is 0.0529. The number of fused-ring (bicyclic) bond motifs is 1. The standard InChI is InChI=1S/C23H30N4O2/c1-18(16-29-17-19-8-4-3-5-9-19)14-25-23(24-2)26-15-22(28)27-13-12-20-10-6-7-11-21(20)27/h3-11,18H,12-17H2,1-2H3,(H2,24,25,26). The third kappa shape index (κ3) is 6.06. The van der Waals surface area contributed by atoms with Crippen LogP contribution in [0.1, 0.15) is 18.1 Å². The number of rotatable bonds is 8. The molecule has 29 heavy (non-hydrogen) atoms. The minimum absolute atomic E-state index is 0.0529. The first kappa shape index (κ1) is 20.9. The van der Waals surface area contributed by atoms with Gasteiger partial charge >= 0.3 is 0 Å². The number of para-hydroxylation sites is 1. The van der Waals surface area contributed by atoms with Gasteiger partial charge in [0, 0.05) is 25.8 Å². The van der Waals surface area contributed by atoms with E-state index in [2.05, 4.69) is 40.7 Å². The topological polar surface area (TPSA) is 66.0 Å². The number of guanidine groups is 1. The lowest BCUT2D eigenvalue weighted by molar-refractivity contribution is -0.117. The largest absolute Gasteiger partial charge is 0.376 e. The van der Waals surface area contributed by atoms with Crippen LogP contribution in [0.15, 0.2) is 59.6 Å². The van der Waals surface area contributed by atoms with Gasteiger partial charge in [0.1, 0.15) is 0 Å². The maximum atomic E-state index is 12.6. The highest BCUT2D eigenvalue weighted by Gasteiger charge is 2.23. The number of ether oxygens (including phenoxy) is 1. The maximum Gasteiger partial charge on any atom is 0.246 e. The molecule has 0 radical (unpaired) electrons. The number of amides is 1. The van der Waals surface area contributed by atoms with Crippen molar-refractivity contribution < 1.29 is 9.53 Å². The van der Waals surface area contributed by atoms with Crippen LogP contribution in [0.4, 0.5) is 5.69 Å². The van der Waals surface area contributed by atoms with Gasteiger partial charge in [-0.2, -0.15) is 0 Å². The zero-order chi connectivity index (χ0) is 20.5. The number of aliphatic imine (C=N–C) groups is 1. The monoisotopic (exact) mass is 394 g/mol. The average Bonchev–Trinajstić information content (AvgIpc) is 3.19. The fourth-order valence-corrected chi connectivity index (χ4v) is 3.35. The fourth-order valence-electron chi connectivity index (χ4n) is 3.35. The lowest BCUT2D eigenvalue weighted by Gasteiger charge is -2.19. The van der Waals surface area contributed by atoms with E-state index >= 15 is 0 Å². The second kappa shape index (κ2) is 10.6. The van der Waals surface area contributed by atoms with Gasteiger partial charge in [-0.25, -0.2) is 0 Å². The molecule has 1 atom stereocenters. The van der Waals surface area contributed by atoms with Crippen molar-refractivity contribution in [3.05, 3.63) is 65.7 Å². The number of benzene rings is 2. The summed E-state index contributed by atoms with van der Waals surface area (Å²) in [5.74, 6) is 0.997. The summed E-state index contributed by atoms with van der Waals surface area (Å²) in [5, 5.41) is 6.39. The Bertz CT molecular complexity index is 823. The molecule has 0 saturated carbocycles. The molecule has 3 rings (SSSR count). The van der Waals surface area contributed by atoms with Crippen molar-refractivity contribution >= 4 is 17.6 Å². The number of carbonyl (C=O) groups excluding carboxylic acids is 1. The summed E-state index contributed by atoms with van der Waals surface area (Å²) in [5.41, 5.74) is 3.42. The second-order valence-electron chi connectivity index (χ2n) is 7.34. The Morgan fingerprint density at radius 3 is 2.69 bits per heavy atom. The van der Waals surface area contributed by atoms with E-state index in [0.717, 1.165) is 25.2 Å². The Kier molecular flexibility index (Phi) is 7.64. The Morgan fingerprint density at radius 2 is 1.90 bits per heavy atom. The van der Waals surface area contributed by atoms with Gasteiger partial charge in [-0.3, -0.25) is 9.79 Å². The minimum Gasteiger partial charge on any atom is -0.376 e. The first-order chi connectivity index (χ1) is 14.2. The molecule has 1 aliphatic heterocycles. The van der Waals surface area contributed by atoms with Crippen molar-refractivity contribution in [2.75, 3.05) is 38.2 Å². The molecule has 2 aromatic rings. The summed E-state index contributed by atoms with van der Waals surface area (Å²) in [6, 6.07) is 18.2. The lowest BCUT2D eigenvalue weighted by Crippen LogP contribution is -2.45. The molecule has 0 bridgehead atoms. The molecular weight excluding hydrogens is 364 g/mol. The van der Waals surface area contributed by atoms with E-state index in [1.54, 1.807) is 7.05 Å². The summed E-state index contributed by atoms with van der Waals surface area (Å²) in [7, 11) is 1.71. The molecule has 0 aliphatic carbocycles. The van der Waals surface area contributed by atoms with Crippen LogP contribution in [-0.2, 0) is 22.6 Å². The first-order valence-electron chi connectivity index (χ1n) is 10.1. The molecule has 0 saturated heterocycles. The SMILES string of the molecule is CN=C(NCC(=O)N1CCc2ccccc21)NCC(C)COCc1ccccc1. The van der Waals surface area contributed by atoms with Gasteiger partial charge in [0.2, 0.25) is 5.91 Å². The highest BCUT2D eigenvalue weighted by Crippen LogP contribution is 2.27. The molecule has 1 heterocycles. The smallest absolute Gasteiger partial charge is 0.246 e. The Balaban J connectivity index is 1.36. The molecule has 1 aliphatic rings. The molecule has 2 aromatic carbocycles. The third-order valence-corrected chi connectivity index (χ3v) is 4.95. The number of nitrogens with one attached hydrogen (secondary N) is 2. The third-order valence-electron chi connectivity index (χ3n) is 4.95. The normalized spacial score (nSPS) is 14.4. The van der Waals surface area contributed by atoms with Crippen LogP contribution < -0.4 is 15.5 Å². The van der Waals surface area contributed by atoms with E-state index in [4.69, 9.17) is 4.74 Å². The number of nitrogens with zero attached hydrogens (tertiary/aromatic N) is 2. The van der Waals surface area contributed by atoms with E-state index in [-0.39, 0.29) is 12.5 Å². The van der Waals surface area contributed by atoms with E-state index in [0.29, 0.717) is 25.1 Å². The van der Waals surface area contributed by atoms with Gasteiger partial charge in [0.15, 0.2) is 5.96 Å². The van der Waals surface area contributed by atoms with Crippen LogP contribution in [0.3, 0.4) is 0 Å². The van der Waals surface area contributed by atoms with Crippen LogP contribution in [0, 0.1) is 5.92 Å². The van der Waals surface area contributed by atoms with E-state index in [1.165, 1.54) is 11.1 Å². The van der Waals surface area contributed by atoms with E-state index in [9.17, 15) is 4.79 Å².